The van der Waals surface area contributed by atoms with Gasteiger partial charge in [-0.3, -0.25) is 4.68 Å². The molecule has 0 spiro atoms. The van der Waals surface area contributed by atoms with E-state index >= 15 is 0 Å². The van der Waals surface area contributed by atoms with E-state index in [0.29, 0.717) is 19.3 Å². The van der Waals surface area contributed by atoms with Crippen LogP contribution in [0, 0.1) is 6.92 Å². The molecule has 1 heterocycles. The molecule has 0 radical (unpaired) electrons. The fourth-order valence-electron chi connectivity index (χ4n) is 2.20. The second kappa shape index (κ2) is 3.56. The van der Waals surface area contributed by atoms with Gasteiger partial charge in [-0.15, -0.1) is 0 Å². The van der Waals surface area contributed by atoms with E-state index in [-0.39, 0.29) is 6.04 Å². The Bertz CT molecular complexity index is 382. The van der Waals surface area contributed by atoms with Crippen molar-refractivity contribution in [3.05, 3.63) is 15.9 Å². The van der Waals surface area contributed by atoms with Crippen LogP contribution in [0.15, 0.2) is 4.47 Å². The van der Waals surface area contributed by atoms with E-state index in [1.807, 2.05) is 14.0 Å². The lowest BCUT2D eigenvalue weighted by Gasteiger charge is -2.39. The van der Waals surface area contributed by atoms with Gasteiger partial charge >= 0.3 is 0 Å². The number of halogens is 2. The largest absolute Gasteiger partial charge is 0.327 e. The highest BCUT2D eigenvalue weighted by Gasteiger charge is 2.44. The zero-order valence-electron chi connectivity index (χ0n) is 8.93. The first kappa shape index (κ1) is 11.1. The minimum Gasteiger partial charge on any atom is -0.327 e. The molecular weight excluding hydrogens is 261 g/mol. The quantitative estimate of drug-likeness (QED) is 0.896. The summed E-state index contributed by atoms with van der Waals surface area (Å²) in [4.78, 5) is 0. The van der Waals surface area contributed by atoms with E-state index in [4.69, 9.17) is 5.73 Å². The maximum atomic E-state index is 14.1. The third kappa shape index (κ3) is 1.95. The summed E-state index contributed by atoms with van der Waals surface area (Å²) in [5.74, 6) is 0. The van der Waals surface area contributed by atoms with Crippen molar-refractivity contribution in [2.24, 2.45) is 12.8 Å². The highest BCUT2D eigenvalue weighted by Crippen LogP contribution is 2.39. The Labute approximate surface area is 97.0 Å². The minimum atomic E-state index is -1.12. The molecule has 5 heteroatoms. The Balaban J connectivity index is 2.17. The molecule has 0 unspecified atom stereocenters. The van der Waals surface area contributed by atoms with Crippen molar-refractivity contribution in [2.45, 2.75) is 37.9 Å². The van der Waals surface area contributed by atoms with Gasteiger partial charge in [-0.25, -0.2) is 4.39 Å². The van der Waals surface area contributed by atoms with Gasteiger partial charge in [-0.1, -0.05) is 0 Å². The zero-order chi connectivity index (χ0) is 11.2. The topological polar surface area (TPSA) is 43.8 Å². The Morgan fingerprint density at radius 1 is 1.67 bits per heavy atom. The maximum absolute atomic E-state index is 14.1. The van der Waals surface area contributed by atoms with Crippen LogP contribution in [-0.2, 0) is 13.5 Å². The Hall–Kier alpha value is -0.420. The molecule has 1 fully saturated rings. The average Bonchev–Trinajstić information content (AvgIpc) is 2.30. The van der Waals surface area contributed by atoms with Crippen LogP contribution in [0.5, 0.6) is 0 Å². The summed E-state index contributed by atoms with van der Waals surface area (Å²) in [6.07, 6.45) is 1.33. The van der Waals surface area contributed by atoms with E-state index in [0.717, 1.165) is 15.9 Å². The number of nitrogens with two attached hydrogens (primary N) is 1. The predicted molar refractivity (Wildman–Crippen MR) is 60.4 cm³/mol. The number of nitrogens with zero attached hydrogens (tertiary/aromatic N) is 2. The maximum Gasteiger partial charge on any atom is 0.119 e. The molecule has 0 atom stereocenters. The minimum absolute atomic E-state index is 0.0306. The van der Waals surface area contributed by atoms with Crippen molar-refractivity contribution in [1.29, 1.82) is 0 Å². The van der Waals surface area contributed by atoms with Crippen molar-refractivity contribution in [3.8, 4) is 0 Å². The summed E-state index contributed by atoms with van der Waals surface area (Å²) in [6, 6.07) is 0.0306. The summed E-state index contributed by atoms with van der Waals surface area (Å²) in [5, 5.41) is 4.24. The monoisotopic (exact) mass is 275 g/mol. The van der Waals surface area contributed by atoms with Crippen LogP contribution in [0.1, 0.15) is 24.2 Å². The van der Waals surface area contributed by atoms with Gasteiger partial charge in [0, 0.05) is 19.5 Å². The molecule has 0 aliphatic heterocycles. The predicted octanol–water partition coefficient (Wildman–Crippen LogP) is 1.86. The number of aryl methyl sites for hydroxylation is 2. The summed E-state index contributed by atoms with van der Waals surface area (Å²) in [7, 11) is 1.84. The van der Waals surface area contributed by atoms with Gasteiger partial charge in [-0.2, -0.15) is 5.10 Å². The van der Waals surface area contributed by atoms with Gasteiger partial charge < -0.3 is 5.73 Å². The first-order valence-corrected chi connectivity index (χ1v) is 5.83. The molecule has 0 saturated heterocycles. The highest BCUT2D eigenvalue weighted by atomic mass is 79.9. The van der Waals surface area contributed by atoms with Crippen LogP contribution in [0.4, 0.5) is 4.39 Å². The van der Waals surface area contributed by atoms with E-state index in [1.54, 1.807) is 4.68 Å². The van der Waals surface area contributed by atoms with Crippen molar-refractivity contribution in [1.82, 2.24) is 9.78 Å². The summed E-state index contributed by atoms with van der Waals surface area (Å²) >= 11 is 3.44. The summed E-state index contributed by atoms with van der Waals surface area (Å²) < 4.78 is 16.7. The molecule has 2 N–H and O–H groups in total. The van der Waals surface area contributed by atoms with Crippen LogP contribution in [0.3, 0.4) is 0 Å². The van der Waals surface area contributed by atoms with Gasteiger partial charge in [0.2, 0.25) is 0 Å². The second-order valence-electron chi connectivity index (χ2n) is 4.47. The van der Waals surface area contributed by atoms with Crippen LogP contribution >= 0.6 is 15.9 Å². The van der Waals surface area contributed by atoms with E-state index in [9.17, 15) is 4.39 Å². The lowest BCUT2D eigenvalue weighted by atomic mass is 9.75. The Kier molecular flexibility index (Phi) is 2.63. The molecule has 15 heavy (non-hydrogen) atoms. The number of alkyl halides is 1. The lowest BCUT2D eigenvalue weighted by Crippen LogP contribution is -2.50. The SMILES string of the molecule is Cc1nn(C)c(CC2(F)CC(N)C2)c1Br. The summed E-state index contributed by atoms with van der Waals surface area (Å²) in [5.41, 5.74) is 6.31. The van der Waals surface area contributed by atoms with Crippen LogP contribution in [0.25, 0.3) is 0 Å². The smallest absolute Gasteiger partial charge is 0.119 e. The zero-order valence-corrected chi connectivity index (χ0v) is 10.5. The molecule has 0 aromatic carbocycles. The van der Waals surface area contributed by atoms with Gasteiger partial charge in [-0.05, 0) is 35.7 Å². The van der Waals surface area contributed by atoms with Crippen molar-refractivity contribution >= 4 is 15.9 Å². The first-order valence-electron chi connectivity index (χ1n) is 5.04. The van der Waals surface area contributed by atoms with E-state index in [1.165, 1.54) is 0 Å². The average molecular weight is 276 g/mol. The van der Waals surface area contributed by atoms with Gasteiger partial charge in [0.1, 0.15) is 5.67 Å². The highest BCUT2D eigenvalue weighted by molar-refractivity contribution is 9.10. The molecule has 3 nitrogen and oxygen atoms in total. The van der Waals surface area contributed by atoms with Crippen LogP contribution < -0.4 is 5.73 Å². The number of hydrogen-bond donors (Lipinski definition) is 1. The molecular formula is C10H15BrFN3. The molecule has 1 aliphatic rings. The molecule has 0 bridgehead atoms. The Morgan fingerprint density at radius 3 is 2.67 bits per heavy atom. The Morgan fingerprint density at radius 2 is 2.27 bits per heavy atom. The third-order valence-corrected chi connectivity index (χ3v) is 4.03. The molecule has 1 saturated carbocycles. The van der Waals surface area contributed by atoms with Crippen LogP contribution in [-0.4, -0.2) is 21.5 Å². The van der Waals surface area contributed by atoms with Crippen molar-refractivity contribution in [3.63, 3.8) is 0 Å². The fraction of sp³-hybridized carbons (Fsp3) is 0.700. The van der Waals surface area contributed by atoms with Gasteiger partial charge in [0.25, 0.3) is 0 Å². The number of rotatable bonds is 2. The molecule has 1 aliphatic carbocycles. The van der Waals surface area contributed by atoms with Crippen LogP contribution in [0.2, 0.25) is 0 Å². The van der Waals surface area contributed by atoms with E-state index in [2.05, 4.69) is 21.0 Å². The molecule has 84 valence electrons. The number of hydrogen-bond acceptors (Lipinski definition) is 2. The first-order chi connectivity index (χ1) is 6.91. The molecule has 0 amide bonds. The number of aromatic nitrogens is 2. The van der Waals surface area contributed by atoms with Gasteiger partial charge in [0.05, 0.1) is 15.9 Å². The summed E-state index contributed by atoms with van der Waals surface area (Å²) in [6.45, 7) is 1.91. The van der Waals surface area contributed by atoms with E-state index < -0.39 is 5.67 Å². The third-order valence-electron chi connectivity index (χ3n) is 3.00. The molecule has 1 aromatic heterocycles. The normalized spacial score (nSPS) is 30.3. The van der Waals surface area contributed by atoms with Crippen molar-refractivity contribution < 1.29 is 4.39 Å². The van der Waals surface area contributed by atoms with Gasteiger partial charge in [0.15, 0.2) is 0 Å². The molecule has 2 rings (SSSR count). The lowest BCUT2D eigenvalue weighted by molar-refractivity contribution is 0.0424. The second-order valence-corrected chi connectivity index (χ2v) is 5.26. The van der Waals surface area contributed by atoms with Crippen molar-refractivity contribution in [2.75, 3.05) is 0 Å². The fourth-order valence-corrected chi connectivity index (χ4v) is 2.67. The standard InChI is InChI=1S/C10H15BrFN3/c1-6-9(11)8(15(2)14-6)5-10(12)3-7(13)4-10/h7H,3-5,13H2,1-2H3. The molecule has 1 aromatic rings.